The fourth-order valence-corrected chi connectivity index (χ4v) is 2.80. The molecule has 0 aromatic heterocycles. The molecule has 0 saturated carbocycles. The number of ether oxygens (including phenoxy) is 1. The van der Waals surface area contributed by atoms with Crippen LogP contribution in [0, 0.1) is 0 Å². The van der Waals surface area contributed by atoms with Crippen molar-refractivity contribution in [1.29, 1.82) is 0 Å². The van der Waals surface area contributed by atoms with Crippen LogP contribution >= 0.6 is 31.9 Å². The molecular formula is C14H11Br2NO3. The van der Waals surface area contributed by atoms with Crippen LogP contribution in [-0.2, 0) is 0 Å². The van der Waals surface area contributed by atoms with Gasteiger partial charge >= 0.3 is 0 Å². The van der Waals surface area contributed by atoms with Crippen molar-refractivity contribution in [2.45, 2.75) is 0 Å². The summed E-state index contributed by atoms with van der Waals surface area (Å²) < 4.78 is 6.61. The number of rotatable bonds is 3. The molecule has 0 aliphatic rings. The second kappa shape index (κ2) is 6.28. The Labute approximate surface area is 133 Å². The Morgan fingerprint density at radius 2 is 2.00 bits per heavy atom. The van der Waals surface area contributed by atoms with Crippen molar-refractivity contribution < 1.29 is 14.6 Å². The minimum absolute atomic E-state index is 0.152. The topological polar surface area (TPSA) is 58.6 Å². The molecule has 2 N–H and O–H groups in total. The molecule has 1 amide bonds. The molecule has 4 nitrogen and oxygen atoms in total. The Balaban J connectivity index is 2.28. The van der Waals surface area contributed by atoms with E-state index in [2.05, 4.69) is 37.2 Å². The minimum Gasteiger partial charge on any atom is -0.504 e. The normalized spacial score (nSPS) is 10.2. The summed E-state index contributed by atoms with van der Waals surface area (Å²) in [4.78, 5) is 12.2. The van der Waals surface area contributed by atoms with E-state index in [0.717, 1.165) is 8.95 Å². The number of benzene rings is 2. The number of halogens is 2. The van der Waals surface area contributed by atoms with E-state index in [4.69, 9.17) is 4.74 Å². The lowest BCUT2D eigenvalue weighted by Gasteiger charge is -2.10. The van der Waals surface area contributed by atoms with Crippen LogP contribution in [0.2, 0.25) is 0 Å². The number of hydrogen-bond acceptors (Lipinski definition) is 3. The summed E-state index contributed by atoms with van der Waals surface area (Å²) in [5.41, 5.74) is 0.764. The SMILES string of the molecule is COc1cccc(C(=O)Nc2ccc(Br)cc2Br)c1O. The lowest BCUT2D eigenvalue weighted by molar-refractivity contribution is 0.102. The van der Waals surface area contributed by atoms with E-state index < -0.39 is 5.91 Å². The number of anilines is 1. The van der Waals surface area contributed by atoms with Crippen LogP contribution in [-0.4, -0.2) is 18.1 Å². The molecule has 0 heterocycles. The van der Waals surface area contributed by atoms with Gasteiger partial charge in [-0.2, -0.15) is 0 Å². The highest BCUT2D eigenvalue weighted by molar-refractivity contribution is 9.11. The number of methoxy groups -OCH3 is 1. The highest BCUT2D eigenvalue weighted by atomic mass is 79.9. The van der Waals surface area contributed by atoms with Gasteiger partial charge in [-0.15, -0.1) is 0 Å². The fraction of sp³-hybridized carbons (Fsp3) is 0.0714. The average molecular weight is 401 g/mol. The van der Waals surface area contributed by atoms with E-state index in [1.54, 1.807) is 18.2 Å². The van der Waals surface area contributed by atoms with Crippen molar-refractivity contribution in [2.75, 3.05) is 12.4 Å². The molecule has 0 atom stereocenters. The number of hydrogen-bond donors (Lipinski definition) is 2. The summed E-state index contributed by atoms with van der Waals surface area (Å²) in [6.07, 6.45) is 0. The quantitative estimate of drug-likeness (QED) is 0.812. The van der Waals surface area contributed by atoms with Crippen LogP contribution in [0.4, 0.5) is 5.69 Å². The molecule has 0 fully saturated rings. The van der Waals surface area contributed by atoms with Crippen LogP contribution in [0.25, 0.3) is 0 Å². The number of phenolic OH excluding ortho intramolecular Hbond substituents is 1. The second-order valence-corrected chi connectivity index (χ2v) is 5.70. The highest BCUT2D eigenvalue weighted by Gasteiger charge is 2.15. The zero-order valence-corrected chi connectivity index (χ0v) is 13.7. The van der Waals surface area contributed by atoms with Crippen molar-refractivity contribution >= 4 is 43.5 Å². The van der Waals surface area contributed by atoms with Gasteiger partial charge in [0.15, 0.2) is 11.5 Å². The zero-order chi connectivity index (χ0) is 14.7. The third-order valence-corrected chi connectivity index (χ3v) is 3.79. The van der Waals surface area contributed by atoms with Crippen LogP contribution in [0.5, 0.6) is 11.5 Å². The Morgan fingerprint density at radius 3 is 2.65 bits per heavy atom. The zero-order valence-electron chi connectivity index (χ0n) is 10.5. The first-order valence-electron chi connectivity index (χ1n) is 5.65. The van der Waals surface area contributed by atoms with Gasteiger partial charge in [0.2, 0.25) is 0 Å². The van der Waals surface area contributed by atoms with Crippen LogP contribution in [0.1, 0.15) is 10.4 Å². The first-order valence-corrected chi connectivity index (χ1v) is 7.24. The maximum atomic E-state index is 12.2. The van der Waals surface area contributed by atoms with E-state index in [9.17, 15) is 9.90 Å². The molecule has 2 aromatic carbocycles. The fourth-order valence-electron chi connectivity index (χ4n) is 1.65. The molecule has 0 bridgehead atoms. The molecular weight excluding hydrogens is 390 g/mol. The summed E-state index contributed by atoms with van der Waals surface area (Å²) in [5, 5.41) is 12.7. The number of nitrogens with one attached hydrogen (secondary N) is 1. The molecule has 0 saturated heterocycles. The standard InChI is InChI=1S/C14H11Br2NO3/c1-20-12-4-2-3-9(13(12)18)14(19)17-11-6-5-8(15)7-10(11)16/h2-7,18H,1H3,(H,17,19). The molecule has 6 heteroatoms. The molecule has 2 rings (SSSR count). The van der Waals surface area contributed by atoms with Crippen molar-refractivity contribution in [1.82, 2.24) is 0 Å². The van der Waals surface area contributed by atoms with E-state index >= 15 is 0 Å². The predicted octanol–water partition coefficient (Wildman–Crippen LogP) is 4.18. The van der Waals surface area contributed by atoms with E-state index in [-0.39, 0.29) is 17.1 Å². The second-order valence-electron chi connectivity index (χ2n) is 3.93. The smallest absolute Gasteiger partial charge is 0.259 e. The minimum atomic E-state index is -0.413. The third-order valence-electron chi connectivity index (χ3n) is 2.64. The van der Waals surface area contributed by atoms with Crippen molar-refractivity contribution in [3.05, 3.63) is 50.9 Å². The summed E-state index contributed by atoms with van der Waals surface area (Å²) in [6.45, 7) is 0. The van der Waals surface area contributed by atoms with Crippen molar-refractivity contribution in [3.8, 4) is 11.5 Å². The Kier molecular flexibility index (Phi) is 4.67. The molecule has 0 spiro atoms. The van der Waals surface area contributed by atoms with Gasteiger partial charge in [0.1, 0.15) is 0 Å². The number of aromatic hydroxyl groups is 1. The van der Waals surface area contributed by atoms with E-state index in [0.29, 0.717) is 5.69 Å². The van der Waals surface area contributed by atoms with Gasteiger partial charge in [-0.25, -0.2) is 0 Å². The van der Waals surface area contributed by atoms with Gasteiger partial charge in [0.05, 0.1) is 18.4 Å². The highest BCUT2D eigenvalue weighted by Crippen LogP contribution is 2.31. The predicted molar refractivity (Wildman–Crippen MR) is 84.5 cm³/mol. The van der Waals surface area contributed by atoms with Crippen molar-refractivity contribution in [2.24, 2.45) is 0 Å². The monoisotopic (exact) mass is 399 g/mol. The lowest BCUT2D eigenvalue weighted by Crippen LogP contribution is -2.12. The number of phenols is 1. The Bertz CT molecular complexity index is 659. The van der Waals surface area contributed by atoms with E-state index in [1.165, 1.54) is 13.2 Å². The lowest BCUT2D eigenvalue weighted by atomic mass is 10.1. The number of carbonyl (C=O) groups is 1. The van der Waals surface area contributed by atoms with Gasteiger partial charge < -0.3 is 15.2 Å². The van der Waals surface area contributed by atoms with E-state index in [1.807, 2.05) is 12.1 Å². The first kappa shape index (κ1) is 14.9. The van der Waals surface area contributed by atoms with Gasteiger partial charge in [-0.3, -0.25) is 4.79 Å². The first-order chi connectivity index (χ1) is 9.52. The Hall–Kier alpha value is -1.53. The van der Waals surface area contributed by atoms with Crippen molar-refractivity contribution in [3.63, 3.8) is 0 Å². The van der Waals surface area contributed by atoms with Gasteiger partial charge in [0.25, 0.3) is 5.91 Å². The number of carbonyl (C=O) groups excluding carboxylic acids is 1. The molecule has 0 unspecified atom stereocenters. The molecule has 0 aliphatic carbocycles. The molecule has 0 radical (unpaired) electrons. The molecule has 2 aromatic rings. The number of para-hydroxylation sites is 1. The summed E-state index contributed by atoms with van der Waals surface area (Å²) in [5.74, 6) is -0.335. The summed E-state index contributed by atoms with van der Waals surface area (Å²) in [7, 11) is 1.43. The molecule has 104 valence electrons. The summed E-state index contributed by atoms with van der Waals surface area (Å²) in [6, 6.07) is 10.1. The maximum Gasteiger partial charge on any atom is 0.259 e. The average Bonchev–Trinajstić information content (AvgIpc) is 2.42. The third kappa shape index (κ3) is 3.13. The molecule has 20 heavy (non-hydrogen) atoms. The molecule has 0 aliphatic heterocycles. The van der Waals surface area contributed by atoms with Crippen LogP contribution < -0.4 is 10.1 Å². The van der Waals surface area contributed by atoms with Crippen LogP contribution in [0.3, 0.4) is 0 Å². The van der Waals surface area contributed by atoms with Gasteiger partial charge in [0, 0.05) is 8.95 Å². The Morgan fingerprint density at radius 1 is 1.25 bits per heavy atom. The van der Waals surface area contributed by atoms with Gasteiger partial charge in [-0.1, -0.05) is 22.0 Å². The largest absolute Gasteiger partial charge is 0.504 e. The summed E-state index contributed by atoms with van der Waals surface area (Å²) >= 11 is 6.70. The van der Waals surface area contributed by atoms with Gasteiger partial charge in [-0.05, 0) is 46.3 Å². The van der Waals surface area contributed by atoms with Crippen LogP contribution in [0.15, 0.2) is 45.3 Å². The maximum absolute atomic E-state index is 12.2. The number of amides is 1.